The van der Waals surface area contributed by atoms with E-state index in [1.54, 1.807) is 0 Å². The van der Waals surface area contributed by atoms with Gasteiger partial charge in [-0.15, -0.1) is 11.3 Å². The van der Waals surface area contributed by atoms with Gasteiger partial charge in [0.2, 0.25) is 0 Å². The summed E-state index contributed by atoms with van der Waals surface area (Å²) in [5, 5.41) is 6.30. The SMILES string of the molecule is c1ccc2nc3c(nc2c1)c1cc(-c2cccc4sc5ccccc5c24)cc2c4ccccc4n3c21. The van der Waals surface area contributed by atoms with Gasteiger partial charge in [0.15, 0.2) is 5.65 Å². The second kappa shape index (κ2) is 6.56. The zero-order valence-electron chi connectivity index (χ0n) is 19.1. The summed E-state index contributed by atoms with van der Waals surface area (Å²) in [4.78, 5) is 10.2. The van der Waals surface area contributed by atoms with E-state index < -0.39 is 0 Å². The first-order valence-corrected chi connectivity index (χ1v) is 12.9. The third kappa shape index (κ3) is 2.27. The first-order chi connectivity index (χ1) is 17.8. The highest BCUT2D eigenvalue weighted by molar-refractivity contribution is 7.25. The van der Waals surface area contributed by atoms with Crippen molar-refractivity contribution in [1.29, 1.82) is 0 Å². The lowest BCUT2D eigenvalue weighted by Gasteiger charge is -2.07. The van der Waals surface area contributed by atoms with Crippen LogP contribution >= 0.6 is 11.3 Å². The van der Waals surface area contributed by atoms with E-state index in [0.29, 0.717) is 0 Å². The zero-order chi connectivity index (χ0) is 23.4. The maximum Gasteiger partial charge on any atom is 0.165 e. The quantitative estimate of drug-likeness (QED) is 0.237. The molecule has 166 valence electrons. The minimum Gasteiger partial charge on any atom is -0.291 e. The van der Waals surface area contributed by atoms with Gasteiger partial charge in [0.1, 0.15) is 5.52 Å². The Hall–Kier alpha value is -4.54. The van der Waals surface area contributed by atoms with Crippen molar-refractivity contribution in [2.75, 3.05) is 0 Å². The van der Waals surface area contributed by atoms with E-state index in [0.717, 1.165) is 27.6 Å². The highest BCUT2D eigenvalue weighted by Crippen LogP contribution is 2.44. The topological polar surface area (TPSA) is 30.2 Å². The van der Waals surface area contributed by atoms with Gasteiger partial charge < -0.3 is 0 Å². The number of para-hydroxylation sites is 3. The molecule has 0 aliphatic rings. The molecule has 0 N–H and O–H groups in total. The Kier molecular flexibility index (Phi) is 3.42. The van der Waals surface area contributed by atoms with Crippen molar-refractivity contribution < 1.29 is 0 Å². The Bertz CT molecular complexity index is 2320. The van der Waals surface area contributed by atoms with Crippen molar-refractivity contribution in [3.05, 3.63) is 103 Å². The summed E-state index contributed by atoms with van der Waals surface area (Å²) in [5.74, 6) is 0. The molecule has 4 heteroatoms. The van der Waals surface area contributed by atoms with E-state index in [1.165, 1.54) is 53.1 Å². The van der Waals surface area contributed by atoms with Crippen LogP contribution in [0.4, 0.5) is 0 Å². The maximum atomic E-state index is 5.13. The number of thiophene rings is 1. The van der Waals surface area contributed by atoms with Gasteiger partial charge in [-0.2, -0.15) is 0 Å². The lowest BCUT2D eigenvalue weighted by atomic mass is 9.96. The highest BCUT2D eigenvalue weighted by Gasteiger charge is 2.21. The molecule has 3 nitrogen and oxygen atoms in total. The summed E-state index contributed by atoms with van der Waals surface area (Å²) >= 11 is 1.86. The van der Waals surface area contributed by atoms with Crippen molar-refractivity contribution in [1.82, 2.24) is 14.4 Å². The van der Waals surface area contributed by atoms with Crippen molar-refractivity contribution in [2.45, 2.75) is 0 Å². The first-order valence-electron chi connectivity index (χ1n) is 12.1. The summed E-state index contributed by atoms with van der Waals surface area (Å²) in [6.45, 7) is 0. The average Bonchev–Trinajstić information content (AvgIpc) is 3.58. The van der Waals surface area contributed by atoms with E-state index in [1.807, 2.05) is 35.6 Å². The summed E-state index contributed by atoms with van der Waals surface area (Å²) in [6, 6.07) is 36.9. The van der Waals surface area contributed by atoms with Crippen LogP contribution in [0, 0.1) is 0 Å². The summed E-state index contributed by atoms with van der Waals surface area (Å²) < 4.78 is 4.95. The molecule has 0 atom stereocenters. The van der Waals surface area contributed by atoms with Crippen molar-refractivity contribution in [2.24, 2.45) is 0 Å². The summed E-state index contributed by atoms with van der Waals surface area (Å²) in [7, 11) is 0. The lowest BCUT2D eigenvalue weighted by molar-refractivity contribution is 1.28. The second-order valence-electron chi connectivity index (χ2n) is 9.43. The molecule has 0 saturated carbocycles. The minimum absolute atomic E-state index is 0.921. The molecule has 9 rings (SSSR count). The molecule has 0 aliphatic heterocycles. The molecule has 0 saturated heterocycles. The third-order valence-electron chi connectivity index (χ3n) is 7.50. The van der Waals surface area contributed by atoms with E-state index >= 15 is 0 Å². The zero-order valence-corrected chi connectivity index (χ0v) is 19.9. The van der Waals surface area contributed by atoms with Gasteiger partial charge in [-0.25, -0.2) is 9.97 Å². The number of benzene rings is 5. The largest absolute Gasteiger partial charge is 0.291 e. The molecule has 4 heterocycles. The number of rotatable bonds is 1. The van der Waals surface area contributed by atoms with Gasteiger partial charge in [0, 0.05) is 36.3 Å². The maximum absolute atomic E-state index is 5.13. The minimum atomic E-state index is 0.921. The Morgan fingerprint density at radius 1 is 0.583 bits per heavy atom. The molecular weight excluding hydrogens is 458 g/mol. The Balaban J connectivity index is 1.51. The van der Waals surface area contributed by atoms with Crippen LogP contribution in [0.2, 0.25) is 0 Å². The van der Waals surface area contributed by atoms with E-state index in [4.69, 9.17) is 9.97 Å². The van der Waals surface area contributed by atoms with Crippen LogP contribution in [0.1, 0.15) is 0 Å². The molecule has 0 radical (unpaired) electrons. The molecule has 0 amide bonds. The molecule has 9 aromatic rings. The number of hydrogen-bond acceptors (Lipinski definition) is 3. The molecule has 0 bridgehead atoms. The van der Waals surface area contributed by atoms with E-state index in [-0.39, 0.29) is 0 Å². The Morgan fingerprint density at radius 2 is 1.31 bits per heavy atom. The van der Waals surface area contributed by atoms with Crippen molar-refractivity contribution in [3.63, 3.8) is 0 Å². The molecule has 0 spiro atoms. The van der Waals surface area contributed by atoms with Gasteiger partial charge in [-0.3, -0.25) is 4.40 Å². The molecule has 0 unspecified atom stereocenters. The van der Waals surface area contributed by atoms with Crippen LogP contribution in [0.25, 0.3) is 80.7 Å². The molecular formula is C32H17N3S. The third-order valence-corrected chi connectivity index (χ3v) is 8.64. The van der Waals surface area contributed by atoms with Gasteiger partial charge >= 0.3 is 0 Å². The fourth-order valence-electron chi connectivity index (χ4n) is 6.00. The van der Waals surface area contributed by atoms with E-state index in [9.17, 15) is 0 Å². The van der Waals surface area contributed by atoms with Crippen molar-refractivity contribution >= 4 is 80.9 Å². The monoisotopic (exact) mass is 475 g/mol. The number of hydrogen-bond donors (Lipinski definition) is 0. The van der Waals surface area contributed by atoms with Crippen LogP contribution in [-0.4, -0.2) is 14.4 Å². The van der Waals surface area contributed by atoms with Crippen LogP contribution in [0.3, 0.4) is 0 Å². The van der Waals surface area contributed by atoms with Gasteiger partial charge in [-0.05, 0) is 53.6 Å². The smallest absolute Gasteiger partial charge is 0.165 e. The van der Waals surface area contributed by atoms with Gasteiger partial charge in [0.05, 0.1) is 22.1 Å². The van der Waals surface area contributed by atoms with Crippen molar-refractivity contribution in [3.8, 4) is 11.1 Å². The number of fused-ring (bicyclic) bond motifs is 10. The lowest BCUT2D eigenvalue weighted by Crippen LogP contribution is -1.88. The summed E-state index contributed by atoms with van der Waals surface area (Å²) in [5.41, 5.74) is 8.59. The standard InChI is InChI=1S/C32H17N3S/c1-5-13-26-20(8-1)22-16-18(19-10-7-15-28-29(19)21-9-2-6-14-27(21)36-28)17-23-30-32(35(26)31(22)23)34-25-12-4-3-11-24(25)33-30/h1-17H. The normalized spacial score (nSPS) is 12.4. The molecule has 0 fully saturated rings. The number of aromatic nitrogens is 3. The second-order valence-corrected chi connectivity index (χ2v) is 10.5. The average molecular weight is 476 g/mol. The van der Waals surface area contributed by atoms with Crippen LogP contribution in [0.15, 0.2) is 103 Å². The van der Waals surface area contributed by atoms with Crippen LogP contribution < -0.4 is 0 Å². The van der Waals surface area contributed by atoms with Crippen LogP contribution in [0.5, 0.6) is 0 Å². The Morgan fingerprint density at radius 3 is 2.22 bits per heavy atom. The molecule has 36 heavy (non-hydrogen) atoms. The number of nitrogens with zero attached hydrogens (tertiary/aromatic N) is 3. The fraction of sp³-hybridized carbons (Fsp3) is 0. The molecule has 5 aromatic carbocycles. The molecule has 0 aliphatic carbocycles. The van der Waals surface area contributed by atoms with Crippen LogP contribution in [-0.2, 0) is 0 Å². The van der Waals surface area contributed by atoms with Gasteiger partial charge in [0.25, 0.3) is 0 Å². The van der Waals surface area contributed by atoms with E-state index in [2.05, 4.69) is 83.3 Å². The Labute approximate surface area is 209 Å². The first kappa shape index (κ1) is 18.7. The van der Waals surface area contributed by atoms with Gasteiger partial charge in [-0.1, -0.05) is 60.7 Å². The highest BCUT2D eigenvalue weighted by atomic mass is 32.1. The fourth-order valence-corrected chi connectivity index (χ4v) is 7.13. The molecule has 4 aromatic heterocycles. The summed E-state index contributed by atoms with van der Waals surface area (Å²) in [6.07, 6.45) is 0. The predicted octanol–water partition coefficient (Wildman–Crippen LogP) is 8.81. The predicted molar refractivity (Wildman–Crippen MR) is 153 cm³/mol.